The monoisotopic (exact) mass is 135 g/mol. The third-order valence-corrected chi connectivity index (χ3v) is 1.89. The smallest absolute Gasteiger partial charge is 0.197 e. The van der Waals surface area contributed by atoms with Gasteiger partial charge in [-0.15, -0.1) is 0 Å². The van der Waals surface area contributed by atoms with Gasteiger partial charge >= 0.3 is 0 Å². The van der Waals surface area contributed by atoms with Crippen molar-refractivity contribution in [3.8, 4) is 0 Å². The number of aliphatic imine (C=N–C) groups is 1. The summed E-state index contributed by atoms with van der Waals surface area (Å²) in [5.74, 6) is 0. The molecule has 0 radical (unpaired) electrons. The van der Waals surface area contributed by atoms with Crippen molar-refractivity contribution in [3.05, 3.63) is 11.6 Å². The van der Waals surface area contributed by atoms with Crippen molar-refractivity contribution in [3.63, 3.8) is 0 Å². The highest BCUT2D eigenvalue weighted by molar-refractivity contribution is 8.06. The Morgan fingerprint density at radius 3 is 2.71 bits per heavy atom. The van der Waals surface area contributed by atoms with Crippen molar-refractivity contribution < 1.29 is 4.21 Å². The molecule has 0 amide bonds. The highest BCUT2D eigenvalue weighted by Crippen LogP contribution is 2.02. The molecule has 0 aromatic heterocycles. The summed E-state index contributed by atoms with van der Waals surface area (Å²) in [5.41, 5.74) is 0. The first-order chi connectivity index (χ1) is 3.30. The van der Waals surface area contributed by atoms with E-state index in [1.807, 2.05) is 0 Å². The lowest BCUT2D eigenvalue weighted by atomic mass is 11.1. The van der Waals surface area contributed by atoms with Crippen molar-refractivity contribution in [2.24, 2.45) is 4.99 Å². The summed E-state index contributed by atoms with van der Waals surface area (Å²) in [6.45, 7) is 0. The predicted molar refractivity (Wildman–Crippen MR) is 30.6 cm³/mol. The van der Waals surface area contributed by atoms with Gasteiger partial charge in [-0.2, -0.15) is 0 Å². The van der Waals surface area contributed by atoms with Crippen molar-refractivity contribution in [1.29, 1.82) is 0 Å². The zero-order chi connectivity index (χ0) is 5.28. The van der Waals surface area contributed by atoms with E-state index in [-0.39, 0.29) is 4.50 Å². The van der Waals surface area contributed by atoms with Gasteiger partial charge in [-0.3, -0.25) is 0 Å². The van der Waals surface area contributed by atoms with Crippen molar-refractivity contribution >= 4 is 26.9 Å². The minimum Gasteiger partial charge on any atom is -0.247 e. The van der Waals surface area contributed by atoms with Gasteiger partial charge in [0.25, 0.3) is 0 Å². The zero-order valence-corrected chi connectivity index (χ0v) is 4.87. The number of nitrogens with zero attached hydrogens (tertiary/aromatic N) is 1. The van der Waals surface area contributed by atoms with E-state index in [0.29, 0.717) is 0 Å². The van der Waals surface area contributed by atoms with Gasteiger partial charge in [0.2, 0.25) is 0 Å². The van der Waals surface area contributed by atoms with Crippen LogP contribution in [-0.4, -0.2) is 8.71 Å². The molecular formula is C3H2ClNOS. The Morgan fingerprint density at radius 1 is 1.86 bits per heavy atom. The van der Waals surface area contributed by atoms with Gasteiger partial charge in [-0.25, -0.2) is 9.20 Å². The number of hydrogen-bond donors (Lipinski definition) is 0. The first-order valence-electron chi connectivity index (χ1n) is 1.61. The molecule has 0 fully saturated rings. The van der Waals surface area contributed by atoms with Crippen LogP contribution >= 0.6 is 11.6 Å². The molecule has 1 atom stereocenters. The average molecular weight is 136 g/mol. The lowest BCUT2D eigenvalue weighted by molar-refractivity contribution is 0.695. The third-order valence-electron chi connectivity index (χ3n) is 0.527. The van der Waals surface area contributed by atoms with Gasteiger partial charge in [0.05, 0.1) is 0 Å². The molecule has 0 aromatic rings. The third kappa shape index (κ3) is 0.894. The van der Waals surface area contributed by atoms with Crippen LogP contribution in [0.15, 0.2) is 16.6 Å². The fourth-order valence-corrected chi connectivity index (χ4v) is 0.911. The molecule has 0 bridgehead atoms. The lowest BCUT2D eigenvalue weighted by Crippen LogP contribution is -1.87. The summed E-state index contributed by atoms with van der Waals surface area (Å²) in [4.78, 5) is 3.52. The summed E-state index contributed by atoms with van der Waals surface area (Å²) in [6.07, 6.45) is 1.43. The Labute approximate surface area is 48.3 Å². The van der Waals surface area contributed by atoms with Crippen molar-refractivity contribution in [2.75, 3.05) is 0 Å². The van der Waals surface area contributed by atoms with Crippen LogP contribution in [-0.2, 0) is 10.8 Å². The average Bonchev–Trinajstić information content (AvgIpc) is 1.91. The Bertz CT molecular complexity index is 162. The fraction of sp³-hybridized carbons (Fsp3) is 0. The van der Waals surface area contributed by atoms with Crippen LogP contribution in [0, 0.1) is 0 Å². The lowest BCUT2D eigenvalue weighted by Gasteiger charge is -1.75. The van der Waals surface area contributed by atoms with E-state index in [1.54, 1.807) is 0 Å². The number of halogens is 1. The van der Waals surface area contributed by atoms with E-state index < -0.39 is 10.8 Å². The van der Waals surface area contributed by atoms with Gasteiger partial charge in [0, 0.05) is 11.6 Å². The van der Waals surface area contributed by atoms with Crippen LogP contribution in [0.1, 0.15) is 0 Å². The van der Waals surface area contributed by atoms with Gasteiger partial charge in [-0.1, -0.05) is 11.6 Å². The molecule has 0 N–H and O–H groups in total. The maximum Gasteiger partial charge on any atom is 0.197 e. The molecule has 1 rings (SSSR count). The Hall–Kier alpha value is -0.150. The maximum atomic E-state index is 10.3. The van der Waals surface area contributed by atoms with Gasteiger partial charge < -0.3 is 0 Å². The fourth-order valence-electron chi connectivity index (χ4n) is 0.252. The van der Waals surface area contributed by atoms with Crippen LogP contribution in [0.5, 0.6) is 0 Å². The normalized spacial score (nSPS) is 28.1. The van der Waals surface area contributed by atoms with Crippen LogP contribution < -0.4 is 0 Å². The summed E-state index contributed by atoms with van der Waals surface area (Å²) >= 11 is 5.25. The molecule has 38 valence electrons. The minimum absolute atomic E-state index is 0.167. The standard InChI is InChI=1S/C3H2ClNOS/c4-3-5-1-2-7(3)6/h1-2H. The molecule has 1 aliphatic heterocycles. The topological polar surface area (TPSA) is 29.4 Å². The molecule has 7 heavy (non-hydrogen) atoms. The first-order valence-corrected chi connectivity index (χ1v) is 3.20. The maximum absolute atomic E-state index is 10.3. The van der Waals surface area contributed by atoms with E-state index in [1.165, 1.54) is 11.6 Å². The van der Waals surface area contributed by atoms with E-state index in [4.69, 9.17) is 11.6 Å². The van der Waals surface area contributed by atoms with E-state index in [9.17, 15) is 4.21 Å². The van der Waals surface area contributed by atoms with Crippen LogP contribution in [0.4, 0.5) is 0 Å². The van der Waals surface area contributed by atoms with Crippen LogP contribution in [0.2, 0.25) is 0 Å². The Balaban J connectivity index is 2.89. The summed E-state index contributed by atoms with van der Waals surface area (Å²) in [7, 11) is -1.13. The van der Waals surface area contributed by atoms with Crippen LogP contribution in [0.3, 0.4) is 0 Å². The molecule has 0 aromatic carbocycles. The highest BCUT2D eigenvalue weighted by Gasteiger charge is 2.04. The predicted octanol–water partition coefficient (Wildman–Crippen LogP) is 0.815. The largest absolute Gasteiger partial charge is 0.247 e. The molecule has 0 aliphatic carbocycles. The molecule has 0 saturated carbocycles. The molecule has 1 unspecified atom stereocenters. The number of hydrogen-bond acceptors (Lipinski definition) is 2. The minimum atomic E-state index is -1.13. The SMILES string of the molecule is O=S1C=CN=C1Cl. The zero-order valence-electron chi connectivity index (χ0n) is 3.30. The second-order valence-corrected chi connectivity index (χ2v) is 2.80. The summed E-state index contributed by atoms with van der Waals surface area (Å²) in [6, 6.07) is 0. The molecule has 0 saturated heterocycles. The quantitative estimate of drug-likeness (QED) is 0.484. The second-order valence-electron chi connectivity index (χ2n) is 0.965. The van der Waals surface area contributed by atoms with Crippen molar-refractivity contribution in [2.45, 2.75) is 0 Å². The van der Waals surface area contributed by atoms with E-state index in [2.05, 4.69) is 4.99 Å². The number of rotatable bonds is 0. The molecule has 1 heterocycles. The highest BCUT2D eigenvalue weighted by atomic mass is 35.5. The van der Waals surface area contributed by atoms with Crippen molar-refractivity contribution in [1.82, 2.24) is 0 Å². The molecule has 0 spiro atoms. The van der Waals surface area contributed by atoms with Gasteiger partial charge in [-0.05, 0) is 0 Å². The second kappa shape index (κ2) is 1.76. The van der Waals surface area contributed by atoms with Gasteiger partial charge in [0.15, 0.2) is 4.50 Å². The van der Waals surface area contributed by atoms with Crippen LogP contribution in [0.25, 0.3) is 0 Å². The van der Waals surface area contributed by atoms with E-state index in [0.717, 1.165) is 0 Å². The Morgan fingerprint density at radius 2 is 2.57 bits per heavy atom. The van der Waals surface area contributed by atoms with E-state index >= 15 is 0 Å². The Kier molecular flexibility index (Phi) is 1.25. The molecular weight excluding hydrogens is 134 g/mol. The summed E-state index contributed by atoms with van der Waals surface area (Å²) in [5, 5.41) is 1.43. The first kappa shape index (κ1) is 5.00. The molecule has 4 heteroatoms. The summed E-state index contributed by atoms with van der Waals surface area (Å²) < 4.78 is 10.5. The molecule has 1 aliphatic rings. The van der Waals surface area contributed by atoms with Gasteiger partial charge in [0.1, 0.15) is 10.8 Å². The molecule has 2 nitrogen and oxygen atoms in total.